The number of hydrogen-bond acceptors (Lipinski definition) is 10. The van der Waals surface area contributed by atoms with Crippen LogP contribution in [0, 0.1) is 0 Å². The van der Waals surface area contributed by atoms with E-state index in [0.717, 1.165) is 31.5 Å². The average molecular weight is 603 g/mol. The predicted octanol–water partition coefficient (Wildman–Crippen LogP) is 3.15. The van der Waals surface area contributed by atoms with Crippen molar-refractivity contribution >= 4 is 35.2 Å². The lowest BCUT2D eigenvalue weighted by Crippen LogP contribution is -2.56. The lowest BCUT2D eigenvalue weighted by molar-refractivity contribution is 0.0452. The summed E-state index contributed by atoms with van der Waals surface area (Å²) in [4.78, 5) is 44.1. The fourth-order valence-electron chi connectivity index (χ4n) is 5.73. The summed E-state index contributed by atoms with van der Waals surface area (Å²) >= 11 is 0. The average Bonchev–Trinajstić information content (AvgIpc) is 3.05. The molecule has 2 atom stereocenters. The molecule has 2 unspecified atom stereocenters. The molecule has 0 spiro atoms. The van der Waals surface area contributed by atoms with Crippen molar-refractivity contribution in [2.24, 2.45) is 0 Å². The Kier molecular flexibility index (Phi) is 9.44. The van der Waals surface area contributed by atoms with Crippen LogP contribution in [-0.2, 0) is 14.2 Å². The number of anilines is 4. The smallest absolute Gasteiger partial charge is 0.323 e. The highest BCUT2D eigenvalue weighted by atomic mass is 16.5. The largest absolute Gasteiger partial charge is 0.383 e. The van der Waals surface area contributed by atoms with E-state index >= 15 is 0 Å². The van der Waals surface area contributed by atoms with Crippen LogP contribution in [-0.4, -0.2) is 98.8 Å². The predicted molar refractivity (Wildman–Crippen MR) is 166 cm³/mol. The highest BCUT2D eigenvalue weighted by Gasteiger charge is 2.37. The maximum absolute atomic E-state index is 12.7. The third-order valence-corrected chi connectivity index (χ3v) is 8.02. The third kappa shape index (κ3) is 7.07. The number of rotatable bonds is 9. The number of aromatic nitrogens is 3. The molecule has 4 heterocycles. The summed E-state index contributed by atoms with van der Waals surface area (Å²) in [5.41, 5.74) is 2.50. The van der Waals surface area contributed by atoms with Crippen LogP contribution in [0.15, 0.2) is 48.5 Å². The van der Waals surface area contributed by atoms with E-state index in [1.807, 2.05) is 24.3 Å². The molecule has 0 saturated carbocycles. The number of amides is 3. The summed E-state index contributed by atoms with van der Waals surface area (Å²) in [5, 5.41) is 8.42. The summed E-state index contributed by atoms with van der Waals surface area (Å²) in [7, 11) is 1.58. The monoisotopic (exact) mass is 602 g/mol. The van der Waals surface area contributed by atoms with Crippen molar-refractivity contribution in [2.45, 2.75) is 31.3 Å². The van der Waals surface area contributed by atoms with Crippen molar-refractivity contribution in [1.29, 1.82) is 0 Å². The Hall–Kier alpha value is -4.33. The van der Waals surface area contributed by atoms with E-state index in [2.05, 4.69) is 25.8 Å². The molecule has 2 bridgehead atoms. The van der Waals surface area contributed by atoms with Crippen LogP contribution < -0.4 is 25.8 Å². The molecule has 13 nitrogen and oxygen atoms in total. The Morgan fingerprint density at radius 2 is 1.50 bits per heavy atom. The van der Waals surface area contributed by atoms with Gasteiger partial charge < -0.3 is 40.0 Å². The van der Waals surface area contributed by atoms with Gasteiger partial charge in [-0.25, -0.2) is 4.79 Å². The van der Waals surface area contributed by atoms with E-state index in [0.29, 0.717) is 74.2 Å². The van der Waals surface area contributed by atoms with Gasteiger partial charge in [-0.15, -0.1) is 0 Å². The van der Waals surface area contributed by atoms with Gasteiger partial charge in [-0.2, -0.15) is 15.0 Å². The fourth-order valence-corrected chi connectivity index (χ4v) is 5.73. The number of carbonyl (C=O) groups excluding carboxylic acids is 2. The quantitative estimate of drug-likeness (QED) is 0.313. The van der Waals surface area contributed by atoms with Crippen LogP contribution in [0.25, 0.3) is 11.4 Å². The Balaban J connectivity index is 1.14. The summed E-state index contributed by atoms with van der Waals surface area (Å²) in [6, 6.07) is 14.2. The summed E-state index contributed by atoms with van der Waals surface area (Å²) in [5.74, 6) is 1.73. The van der Waals surface area contributed by atoms with E-state index in [1.54, 1.807) is 31.4 Å². The molecular formula is C31H38N8O5. The fraction of sp³-hybridized carbons (Fsp3) is 0.452. The number of methoxy groups -OCH3 is 1. The number of nitrogens with zero attached hydrogens (tertiary/aromatic N) is 5. The van der Waals surface area contributed by atoms with E-state index in [-0.39, 0.29) is 18.0 Å². The molecular weight excluding hydrogens is 564 g/mol. The Morgan fingerprint density at radius 1 is 0.864 bits per heavy atom. The molecule has 0 aliphatic carbocycles. The second-order valence-electron chi connectivity index (χ2n) is 11.0. The number of nitrogens with one attached hydrogen (secondary N) is 3. The highest BCUT2D eigenvalue weighted by molar-refractivity contribution is 6.00. The van der Waals surface area contributed by atoms with Crippen molar-refractivity contribution in [2.75, 3.05) is 80.2 Å². The minimum atomic E-state index is -0.397. The van der Waals surface area contributed by atoms with E-state index in [4.69, 9.17) is 29.2 Å². The zero-order valence-corrected chi connectivity index (χ0v) is 24.8. The lowest BCUT2D eigenvalue weighted by atomic mass is 9.95. The van der Waals surface area contributed by atoms with Gasteiger partial charge in [0.1, 0.15) is 0 Å². The Labute approximate surface area is 256 Å². The number of ether oxygens (including phenoxy) is 3. The molecule has 3 saturated heterocycles. The molecule has 3 N–H and O–H groups in total. The standard InChI is InChI=1S/C31H38N8O5/c1-42-16-13-32-28(40)22-7-11-24(12-8-22)34-31(41)33-23-9-5-21(6-10-23)27-35-29(38-14-17-43-18-15-38)37-30(36-27)39-25-3-2-4-26(39)20-44-19-25/h5-12,25-26H,2-4,13-20H2,1H3,(H,32,40)(H2,33,34,41). The maximum Gasteiger partial charge on any atom is 0.323 e. The molecule has 3 aliphatic rings. The molecule has 1 aromatic heterocycles. The zero-order chi connectivity index (χ0) is 30.3. The number of piperidine rings is 1. The van der Waals surface area contributed by atoms with Crippen molar-refractivity contribution in [3.63, 3.8) is 0 Å². The van der Waals surface area contributed by atoms with Crippen LogP contribution in [0.5, 0.6) is 0 Å². The van der Waals surface area contributed by atoms with Gasteiger partial charge in [0.25, 0.3) is 5.91 Å². The molecule has 2 aromatic carbocycles. The van der Waals surface area contributed by atoms with Crippen molar-refractivity contribution in [3.05, 3.63) is 54.1 Å². The first kappa shape index (κ1) is 29.7. The maximum atomic E-state index is 12.7. The van der Waals surface area contributed by atoms with Gasteiger partial charge in [-0.3, -0.25) is 4.79 Å². The molecule has 3 aliphatic heterocycles. The molecule has 3 aromatic rings. The lowest BCUT2D eigenvalue weighted by Gasteiger charge is -2.45. The minimum Gasteiger partial charge on any atom is -0.383 e. The number of carbonyl (C=O) groups is 2. The van der Waals surface area contributed by atoms with Crippen molar-refractivity contribution in [1.82, 2.24) is 20.3 Å². The SMILES string of the molecule is COCCNC(=O)c1ccc(NC(=O)Nc2ccc(-c3nc(N4CCOCC4)nc(N4C5CCCC4COC5)n3)cc2)cc1. The molecule has 44 heavy (non-hydrogen) atoms. The zero-order valence-electron chi connectivity index (χ0n) is 24.8. The summed E-state index contributed by atoms with van der Waals surface area (Å²) in [6.07, 6.45) is 3.30. The van der Waals surface area contributed by atoms with Crippen molar-refractivity contribution < 1.29 is 23.8 Å². The van der Waals surface area contributed by atoms with E-state index in [9.17, 15) is 9.59 Å². The van der Waals surface area contributed by atoms with Gasteiger partial charge in [0.15, 0.2) is 5.82 Å². The number of hydrogen-bond donors (Lipinski definition) is 3. The molecule has 13 heteroatoms. The Morgan fingerprint density at radius 3 is 2.16 bits per heavy atom. The van der Waals surface area contributed by atoms with Gasteiger partial charge >= 0.3 is 6.03 Å². The van der Waals surface area contributed by atoms with Crippen LogP contribution in [0.4, 0.5) is 28.1 Å². The van der Waals surface area contributed by atoms with Crippen LogP contribution >= 0.6 is 0 Å². The molecule has 6 rings (SSSR count). The second-order valence-corrected chi connectivity index (χ2v) is 11.0. The van der Waals surface area contributed by atoms with E-state index < -0.39 is 6.03 Å². The van der Waals surface area contributed by atoms with Crippen LogP contribution in [0.2, 0.25) is 0 Å². The van der Waals surface area contributed by atoms with Gasteiger partial charge in [0, 0.05) is 49.2 Å². The highest BCUT2D eigenvalue weighted by Crippen LogP contribution is 2.32. The topological polar surface area (TPSA) is 143 Å². The number of urea groups is 1. The second kappa shape index (κ2) is 14.0. The number of morpholine rings is 2. The Bertz CT molecular complexity index is 1410. The van der Waals surface area contributed by atoms with Gasteiger partial charge in [0.05, 0.1) is 45.1 Å². The number of fused-ring (bicyclic) bond motifs is 2. The van der Waals surface area contributed by atoms with Crippen molar-refractivity contribution in [3.8, 4) is 11.4 Å². The molecule has 3 amide bonds. The number of benzene rings is 2. The van der Waals surface area contributed by atoms with E-state index in [1.165, 1.54) is 6.42 Å². The van der Waals surface area contributed by atoms with Gasteiger partial charge in [-0.1, -0.05) is 0 Å². The normalized spacial score (nSPS) is 19.8. The molecule has 0 radical (unpaired) electrons. The first-order chi connectivity index (χ1) is 21.6. The third-order valence-electron chi connectivity index (χ3n) is 8.02. The van der Waals surface area contributed by atoms with Gasteiger partial charge in [-0.05, 0) is 67.8 Å². The molecule has 232 valence electrons. The van der Waals surface area contributed by atoms with Gasteiger partial charge in [0.2, 0.25) is 11.9 Å². The summed E-state index contributed by atoms with van der Waals surface area (Å²) in [6.45, 7) is 4.94. The first-order valence-electron chi connectivity index (χ1n) is 15.1. The first-order valence-corrected chi connectivity index (χ1v) is 15.1. The van der Waals surface area contributed by atoms with Crippen LogP contribution in [0.1, 0.15) is 29.6 Å². The minimum absolute atomic E-state index is 0.201. The molecule has 3 fully saturated rings. The summed E-state index contributed by atoms with van der Waals surface area (Å²) < 4.78 is 16.4. The van der Waals surface area contributed by atoms with Crippen LogP contribution in [0.3, 0.4) is 0 Å².